The molecule has 4 heterocycles. The first-order valence-corrected chi connectivity index (χ1v) is 9.45. The fourth-order valence-electron chi connectivity index (χ4n) is 3.30. The number of ether oxygens (including phenoxy) is 2. The molecule has 30 heavy (non-hydrogen) atoms. The summed E-state index contributed by atoms with van der Waals surface area (Å²) >= 11 is 0. The number of nitrogen functional groups attached to an aromatic ring is 1. The van der Waals surface area contributed by atoms with Crippen molar-refractivity contribution in [3.05, 3.63) is 17.7 Å². The lowest BCUT2D eigenvalue weighted by molar-refractivity contribution is -0.140. The lowest BCUT2D eigenvalue weighted by Gasteiger charge is -2.34. The zero-order valence-electron chi connectivity index (χ0n) is 16.2. The molecule has 2 fully saturated rings. The summed E-state index contributed by atoms with van der Waals surface area (Å²) in [5.41, 5.74) is 3.82. The number of morpholine rings is 2. The Labute approximate surface area is 170 Å². The van der Waals surface area contributed by atoms with E-state index in [1.54, 1.807) is 0 Å². The molecule has 0 aromatic carbocycles. The maximum Gasteiger partial charge on any atom is 0.434 e. The number of nitrogens with one attached hydrogen (secondary N) is 1. The Bertz CT molecular complexity index is 907. The van der Waals surface area contributed by atoms with Crippen molar-refractivity contribution in [1.82, 2.24) is 30.2 Å². The van der Waals surface area contributed by atoms with Gasteiger partial charge in [0.1, 0.15) is 6.10 Å². The second-order valence-corrected chi connectivity index (χ2v) is 6.99. The first-order chi connectivity index (χ1) is 14.3. The molecule has 1 unspecified atom stereocenters. The minimum Gasteiger partial charge on any atom is -0.377 e. The van der Waals surface area contributed by atoms with Crippen LogP contribution >= 0.6 is 0 Å². The number of hydrogen-bond acceptors (Lipinski definition) is 10. The van der Waals surface area contributed by atoms with Crippen LogP contribution in [-0.4, -0.2) is 70.4 Å². The summed E-state index contributed by atoms with van der Waals surface area (Å²) in [6.07, 6.45) is -4.29. The average molecular weight is 426 g/mol. The molecule has 2 aromatic rings. The van der Waals surface area contributed by atoms with Gasteiger partial charge in [-0.1, -0.05) is 0 Å². The monoisotopic (exact) mass is 426 g/mol. The third kappa shape index (κ3) is 4.27. The van der Waals surface area contributed by atoms with Crippen LogP contribution in [0.15, 0.2) is 6.20 Å². The number of alkyl halides is 3. The SMILES string of the molecule is C[C@H]1COCCN1c1nc(-c2cnc(N)nc2C(F)(F)F)nc(C2CNCCO2)n1. The molecule has 2 aromatic heterocycles. The normalized spacial score (nSPS) is 22.9. The van der Waals surface area contributed by atoms with Gasteiger partial charge in [0.2, 0.25) is 11.9 Å². The van der Waals surface area contributed by atoms with Crippen LogP contribution in [0.25, 0.3) is 11.4 Å². The number of anilines is 2. The molecule has 2 aliphatic heterocycles. The van der Waals surface area contributed by atoms with Crippen molar-refractivity contribution in [2.45, 2.75) is 25.2 Å². The number of hydrogen-bond donors (Lipinski definition) is 2. The van der Waals surface area contributed by atoms with E-state index in [-0.39, 0.29) is 29.2 Å². The number of halogens is 3. The maximum absolute atomic E-state index is 13.6. The summed E-state index contributed by atoms with van der Waals surface area (Å²) in [6, 6.07) is -0.0583. The van der Waals surface area contributed by atoms with Gasteiger partial charge in [-0.2, -0.15) is 23.1 Å². The minimum absolute atomic E-state index is 0.0583. The predicted molar refractivity (Wildman–Crippen MR) is 99.5 cm³/mol. The molecule has 0 saturated carbocycles. The number of aromatic nitrogens is 5. The van der Waals surface area contributed by atoms with Gasteiger partial charge in [-0.3, -0.25) is 0 Å². The van der Waals surface area contributed by atoms with Gasteiger partial charge in [0, 0.05) is 25.8 Å². The highest BCUT2D eigenvalue weighted by Crippen LogP contribution is 2.35. The molecule has 0 radical (unpaired) electrons. The summed E-state index contributed by atoms with van der Waals surface area (Å²) in [4.78, 5) is 22.1. The van der Waals surface area contributed by atoms with Crippen LogP contribution in [0, 0.1) is 0 Å². The first-order valence-electron chi connectivity index (χ1n) is 9.45. The maximum atomic E-state index is 13.6. The van der Waals surface area contributed by atoms with Crippen LogP contribution in [-0.2, 0) is 15.7 Å². The molecule has 0 bridgehead atoms. The smallest absolute Gasteiger partial charge is 0.377 e. The number of rotatable bonds is 3. The van der Waals surface area contributed by atoms with E-state index < -0.39 is 23.9 Å². The van der Waals surface area contributed by atoms with E-state index in [0.29, 0.717) is 39.5 Å². The van der Waals surface area contributed by atoms with Gasteiger partial charge in [0.25, 0.3) is 0 Å². The van der Waals surface area contributed by atoms with Crippen LogP contribution in [0.4, 0.5) is 25.1 Å². The van der Waals surface area contributed by atoms with Crippen molar-refractivity contribution in [1.29, 1.82) is 0 Å². The lowest BCUT2D eigenvalue weighted by Crippen LogP contribution is -2.45. The highest BCUT2D eigenvalue weighted by molar-refractivity contribution is 5.60. The zero-order chi connectivity index (χ0) is 21.3. The summed E-state index contributed by atoms with van der Waals surface area (Å²) in [7, 11) is 0. The van der Waals surface area contributed by atoms with Crippen molar-refractivity contribution in [3.63, 3.8) is 0 Å². The van der Waals surface area contributed by atoms with Crippen LogP contribution in [0.1, 0.15) is 24.5 Å². The highest BCUT2D eigenvalue weighted by Gasteiger charge is 2.38. The summed E-state index contributed by atoms with van der Waals surface area (Å²) in [5.74, 6) is -0.173. The molecule has 0 aliphatic carbocycles. The molecule has 3 N–H and O–H groups in total. The van der Waals surface area contributed by atoms with Gasteiger partial charge < -0.3 is 25.4 Å². The molecular weight excluding hydrogens is 405 g/mol. The van der Waals surface area contributed by atoms with E-state index in [9.17, 15) is 13.2 Å². The molecule has 10 nitrogen and oxygen atoms in total. The minimum atomic E-state index is -4.76. The number of nitrogens with zero attached hydrogens (tertiary/aromatic N) is 6. The van der Waals surface area contributed by atoms with E-state index in [2.05, 4.69) is 30.2 Å². The van der Waals surface area contributed by atoms with E-state index in [1.165, 1.54) is 0 Å². The van der Waals surface area contributed by atoms with Crippen LogP contribution in [0.5, 0.6) is 0 Å². The van der Waals surface area contributed by atoms with Crippen molar-refractivity contribution in [3.8, 4) is 11.4 Å². The van der Waals surface area contributed by atoms with Gasteiger partial charge in [-0.25, -0.2) is 15.0 Å². The van der Waals surface area contributed by atoms with E-state index in [0.717, 1.165) is 6.20 Å². The molecule has 2 atom stereocenters. The molecule has 162 valence electrons. The Kier molecular flexibility index (Phi) is 5.66. The lowest BCUT2D eigenvalue weighted by atomic mass is 10.2. The first kappa shape index (κ1) is 20.6. The van der Waals surface area contributed by atoms with Crippen LogP contribution in [0.3, 0.4) is 0 Å². The molecule has 0 amide bonds. The van der Waals surface area contributed by atoms with Gasteiger partial charge in [0.05, 0.1) is 31.4 Å². The fourth-order valence-corrected chi connectivity index (χ4v) is 3.30. The third-order valence-electron chi connectivity index (χ3n) is 4.80. The van der Waals surface area contributed by atoms with Crippen molar-refractivity contribution < 1.29 is 22.6 Å². The van der Waals surface area contributed by atoms with Crippen molar-refractivity contribution in [2.75, 3.05) is 50.1 Å². The van der Waals surface area contributed by atoms with E-state index >= 15 is 0 Å². The molecule has 13 heteroatoms. The Morgan fingerprint density at radius 1 is 1.20 bits per heavy atom. The molecule has 2 saturated heterocycles. The second kappa shape index (κ2) is 8.24. The Morgan fingerprint density at radius 3 is 2.73 bits per heavy atom. The van der Waals surface area contributed by atoms with Gasteiger partial charge in [0.15, 0.2) is 17.3 Å². The van der Waals surface area contributed by atoms with Crippen molar-refractivity contribution in [2.24, 2.45) is 0 Å². The molecule has 0 spiro atoms. The van der Waals surface area contributed by atoms with Gasteiger partial charge >= 0.3 is 6.18 Å². The fraction of sp³-hybridized carbons (Fsp3) is 0.588. The Morgan fingerprint density at radius 2 is 2.03 bits per heavy atom. The van der Waals surface area contributed by atoms with Crippen molar-refractivity contribution >= 4 is 11.9 Å². The highest BCUT2D eigenvalue weighted by atomic mass is 19.4. The van der Waals surface area contributed by atoms with Crippen LogP contribution in [0.2, 0.25) is 0 Å². The summed E-state index contributed by atoms with van der Waals surface area (Å²) in [5, 5.41) is 3.16. The predicted octanol–water partition coefficient (Wildman–Crippen LogP) is 0.816. The second-order valence-electron chi connectivity index (χ2n) is 6.99. The quantitative estimate of drug-likeness (QED) is 0.729. The molecule has 4 rings (SSSR count). The summed E-state index contributed by atoms with van der Waals surface area (Å²) < 4.78 is 52.0. The standard InChI is InChI=1S/C17H21F3N8O2/c1-9-8-29-5-3-28(9)16-26-13(25-14(27-16)11-7-22-2-4-30-11)10-6-23-15(21)24-12(10)17(18,19)20/h6,9,11,22H,2-5,7-8H2,1H3,(H2,21,23,24)/t9-,11?/m0/s1. The molecular formula is C17H21F3N8O2. The van der Waals surface area contributed by atoms with E-state index in [4.69, 9.17) is 15.2 Å². The molecule has 2 aliphatic rings. The largest absolute Gasteiger partial charge is 0.434 e. The van der Waals surface area contributed by atoms with Gasteiger partial charge in [-0.15, -0.1) is 0 Å². The van der Waals surface area contributed by atoms with Crippen LogP contribution < -0.4 is 16.0 Å². The topological polar surface area (TPSA) is 124 Å². The Hall–Kier alpha value is -2.64. The summed E-state index contributed by atoms with van der Waals surface area (Å²) in [6.45, 7) is 4.88. The van der Waals surface area contributed by atoms with E-state index in [1.807, 2.05) is 11.8 Å². The van der Waals surface area contributed by atoms with Gasteiger partial charge in [-0.05, 0) is 6.92 Å². The third-order valence-corrected chi connectivity index (χ3v) is 4.80. The number of nitrogens with two attached hydrogens (primary N) is 1. The Balaban J connectivity index is 1.84. The zero-order valence-corrected chi connectivity index (χ0v) is 16.2. The average Bonchev–Trinajstić information content (AvgIpc) is 2.74.